The average Bonchev–Trinajstić information content (AvgIpc) is 3.15. The molecule has 5 rings (SSSR count). The number of hydrogen-bond acceptors (Lipinski definition) is 4. The molecule has 0 aliphatic carbocycles. The molecule has 3 aromatic carbocycles. The lowest BCUT2D eigenvalue weighted by Gasteiger charge is -2.23. The van der Waals surface area contributed by atoms with Gasteiger partial charge in [-0.2, -0.15) is 5.26 Å². The van der Waals surface area contributed by atoms with E-state index in [-0.39, 0.29) is 4.90 Å². The number of anilines is 1. The molecule has 0 amide bonds. The average molecular weight is 440 g/mol. The van der Waals surface area contributed by atoms with Gasteiger partial charge in [-0.3, -0.25) is 0 Å². The first-order valence-corrected chi connectivity index (χ1v) is 11.8. The summed E-state index contributed by atoms with van der Waals surface area (Å²) in [5, 5.41) is 12.7. The number of aryl methyl sites for hydroxylation is 1. The maximum Gasteiger partial charge on any atom is 0.267 e. The normalized spacial score (nSPS) is 15.1. The van der Waals surface area contributed by atoms with Crippen LogP contribution < -0.4 is 5.32 Å². The van der Waals surface area contributed by atoms with Crippen molar-refractivity contribution in [1.82, 2.24) is 3.97 Å². The van der Waals surface area contributed by atoms with Crippen LogP contribution >= 0.6 is 0 Å². The van der Waals surface area contributed by atoms with Crippen LogP contribution in [0.5, 0.6) is 0 Å². The molecule has 5 nitrogen and oxygen atoms in total. The van der Waals surface area contributed by atoms with E-state index in [1.165, 1.54) is 3.97 Å². The lowest BCUT2D eigenvalue weighted by molar-refractivity contribution is 0.584. The van der Waals surface area contributed by atoms with Crippen LogP contribution in [0.4, 0.5) is 5.69 Å². The first-order valence-electron chi connectivity index (χ1n) is 10.3. The number of benzene rings is 3. The van der Waals surface area contributed by atoms with Crippen molar-refractivity contribution in [2.45, 2.75) is 24.3 Å². The first kappa shape index (κ1) is 20.1. The summed E-state index contributed by atoms with van der Waals surface area (Å²) in [7, 11) is -3.79. The fourth-order valence-electron chi connectivity index (χ4n) is 4.20. The first-order chi connectivity index (χ1) is 15.5. The number of nitriles is 1. The SMILES string of the molecule is Cc1ccc(S(=O)(=O)n2ccc3c2C(c2ccc(C#N)cc2)Nc2ccccc2C3)cc1. The molecule has 1 aliphatic rings. The van der Waals surface area contributed by atoms with Crippen molar-refractivity contribution >= 4 is 15.7 Å². The molecule has 32 heavy (non-hydrogen) atoms. The third kappa shape index (κ3) is 3.37. The summed E-state index contributed by atoms with van der Waals surface area (Å²) in [4.78, 5) is 0.252. The van der Waals surface area contributed by atoms with Crippen LogP contribution in [-0.2, 0) is 16.4 Å². The van der Waals surface area contributed by atoms with Crippen LogP contribution in [0.3, 0.4) is 0 Å². The van der Waals surface area contributed by atoms with Crippen molar-refractivity contribution in [2.24, 2.45) is 0 Å². The van der Waals surface area contributed by atoms with Gasteiger partial charge in [-0.1, -0.05) is 48.0 Å². The number of nitrogens with one attached hydrogen (secondary N) is 1. The second-order valence-electron chi connectivity index (χ2n) is 7.99. The van der Waals surface area contributed by atoms with E-state index >= 15 is 0 Å². The molecule has 1 atom stereocenters. The Balaban J connectivity index is 1.71. The smallest absolute Gasteiger partial charge is 0.267 e. The molecule has 6 heteroatoms. The van der Waals surface area contributed by atoms with E-state index in [1.807, 2.05) is 43.3 Å². The van der Waals surface area contributed by atoms with Crippen LogP contribution in [0.2, 0.25) is 0 Å². The fraction of sp³-hybridized carbons (Fsp3) is 0.115. The van der Waals surface area contributed by atoms with Crippen molar-refractivity contribution in [3.05, 3.63) is 119 Å². The predicted molar refractivity (Wildman–Crippen MR) is 124 cm³/mol. The molecule has 4 aromatic rings. The number of rotatable bonds is 3. The molecule has 0 radical (unpaired) electrons. The van der Waals surface area contributed by atoms with Crippen LogP contribution in [0.15, 0.2) is 90.0 Å². The largest absolute Gasteiger partial charge is 0.373 e. The van der Waals surface area contributed by atoms with Crippen LogP contribution in [0.1, 0.15) is 39.6 Å². The Bertz CT molecular complexity index is 1440. The van der Waals surface area contributed by atoms with E-state index in [0.29, 0.717) is 17.7 Å². The van der Waals surface area contributed by atoms with Crippen LogP contribution in [0, 0.1) is 18.3 Å². The maximum absolute atomic E-state index is 13.6. The van der Waals surface area contributed by atoms with E-state index in [2.05, 4.69) is 17.5 Å². The minimum Gasteiger partial charge on any atom is -0.373 e. The summed E-state index contributed by atoms with van der Waals surface area (Å²) in [5.41, 5.74) is 6.17. The standard InChI is InChI=1S/C26H21N3O2S/c1-18-6-12-23(13-7-18)32(30,31)29-15-14-22-16-21-4-2-3-5-24(21)28-25(26(22)29)20-10-8-19(17-27)9-11-20/h2-15,25,28H,16H2,1H3. The molecule has 0 saturated carbocycles. The molecule has 0 fully saturated rings. The van der Waals surface area contributed by atoms with E-state index in [1.54, 1.807) is 42.6 Å². The van der Waals surface area contributed by atoms with Gasteiger partial charge in [0, 0.05) is 18.3 Å². The van der Waals surface area contributed by atoms with E-state index < -0.39 is 16.1 Å². The summed E-state index contributed by atoms with van der Waals surface area (Å²) in [5.74, 6) is 0. The fourth-order valence-corrected chi connectivity index (χ4v) is 5.61. The van der Waals surface area contributed by atoms with Crippen molar-refractivity contribution in [2.75, 3.05) is 5.32 Å². The quantitative estimate of drug-likeness (QED) is 0.487. The number of nitrogens with zero attached hydrogens (tertiary/aromatic N) is 2. The van der Waals surface area contributed by atoms with Gasteiger partial charge >= 0.3 is 0 Å². The third-order valence-electron chi connectivity index (χ3n) is 5.90. The summed E-state index contributed by atoms with van der Waals surface area (Å²) >= 11 is 0. The molecular weight excluding hydrogens is 418 g/mol. The maximum atomic E-state index is 13.6. The molecule has 2 heterocycles. The zero-order valence-corrected chi connectivity index (χ0v) is 18.3. The topological polar surface area (TPSA) is 74.9 Å². The molecule has 1 unspecified atom stereocenters. The van der Waals surface area contributed by atoms with Gasteiger partial charge in [0.2, 0.25) is 0 Å². The Hall–Kier alpha value is -3.82. The number of hydrogen-bond donors (Lipinski definition) is 1. The molecule has 1 N–H and O–H groups in total. The highest BCUT2D eigenvalue weighted by molar-refractivity contribution is 7.90. The van der Waals surface area contributed by atoms with Crippen molar-refractivity contribution in [1.29, 1.82) is 5.26 Å². The van der Waals surface area contributed by atoms with Gasteiger partial charge in [-0.15, -0.1) is 0 Å². The lowest BCUT2D eigenvalue weighted by atomic mass is 9.99. The highest BCUT2D eigenvalue weighted by Gasteiger charge is 2.30. The molecule has 0 bridgehead atoms. The Kier molecular flexibility index (Phi) is 4.84. The molecule has 1 aromatic heterocycles. The molecular formula is C26H21N3O2S. The van der Waals surface area contributed by atoms with Gasteiger partial charge in [0.15, 0.2) is 0 Å². The number of aromatic nitrogens is 1. The van der Waals surface area contributed by atoms with E-state index in [0.717, 1.165) is 27.9 Å². The molecule has 1 aliphatic heterocycles. The third-order valence-corrected chi connectivity index (χ3v) is 7.60. The molecule has 158 valence electrons. The van der Waals surface area contributed by atoms with Crippen LogP contribution in [-0.4, -0.2) is 12.4 Å². The second-order valence-corrected chi connectivity index (χ2v) is 9.80. The van der Waals surface area contributed by atoms with Gasteiger partial charge in [0.05, 0.1) is 28.3 Å². The van der Waals surface area contributed by atoms with Gasteiger partial charge in [-0.05, 0) is 60.0 Å². The number of para-hydroxylation sites is 1. The Morgan fingerprint density at radius 1 is 0.938 bits per heavy atom. The molecule has 0 saturated heterocycles. The predicted octanol–water partition coefficient (Wildman–Crippen LogP) is 5.01. The Labute approximate surface area is 187 Å². The summed E-state index contributed by atoms with van der Waals surface area (Å²) in [6, 6.07) is 25.8. The highest BCUT2D eigenvalue weighted by atomic mass is 32.2. The minimum absolute atomic E-state index is 0.252. The van der Waals surface area contributed by atoms with Gasteiger partial charge in [0.1, 0.15) is 0 Å². The Morgan fingerprint density at radius 2 is 1.66 bits per heavy atom. The van der Waals surface area contributed by atoms with Crippen molar-refractivity contribution < 1.29 is 8.42 Å². The highest BCUT2D eigenvalue weighted by Crippen LogP contribution is 2.37. The van der Waals surface area contributed by atoms with Gasteiger partial charge in [-0.25, -0.2) is 12.4 Å². The van der Waals surface area contributed by atoms with E-state index in [9.17, 15) is 13.7 Å². The lowest BCUT2D eigenvalue weighted by Crippen LogP contribution is -2.22. The Morgan fingerprint density at radius 3 is 2.38 bits per heavy atom. The van der Waals surface area contributed by atoms with E-state index in [4.69, 9.17) is 0 Å². The minimum atomic E-state index is -3.79. The van der Waals surface area contributed by atoms with Gasteiger partial charge < -0.3 is 5.32 Å². The van der Waals surface area contributed by atoms with Crippen molar-refractivity contribution in [3.8, 4) is 6.07 Å². The second kappa shape index (κ2) is 7.70. The summed E-state index contributed by atoms with van der Waals surface area (Å²) in [6.45, 7) is 1.93. The monoisotopic (exact) mass is 439 g/mol. The van der Waals surface area contributed by atoms with Crippen LogP contribution in [0.25, 0.3) is 0 Å². The zero-order chi connectivity index (χ0) is 22.3. The summed E-state index contributed by atoms with van der Waals surface area (Å²) < 4.78 is 28.7. The zero-order valence-electron chi connectivity index (χ0n) is 17.5. The number of fused-ring (bicyclic) bond motifs is 2. The summed E-state index contributed by atoms with van der Waals surface area (Å²) in [6.07, 6.45) is 2.27. The van der Waals surface area contributed by atoms with Gasteiger partial charge in [0.25, 0.3) is 10.0 Å². The van der Waals surface area contributed by atoms with Crippen molar-refractivity contribution in [3.63, 3.8) is 0 Å². The molecule has 0 spiro atoms.